The second kappa shape index (κ2) is 3.90. The number of rotatable bonds is 3. The molecule has 1 aliphatic rings. The van der Waals surface area contributed by atoms with Crippen LogP contribution in [0.2, 0.25) is 0 Å². The molecular formula is C11H13NO3S. The smallest absolute Gasteiger partial charge is 0.406 e. The summed E-state index contributed by atoms with van der Waals surface area (Å²) in [4.78, 5) is 0.135. The lowest BCUT2D eigenvalue weighted by molar-refractivity contribution is -0.277. The molecule has 2 rings (SSSR count). The molecule has 86 valence electrons. The highest BCUT2D eigenvalue weighted by Gasteiger charge is 2.38. The van der Waals surface area contributed by atoms with Crippen LogP contribution < -0.4 is 0 Å². The fourth-order valence-corrected chi connectivity index (χ4v) is 3.21. The van der Waals surface area contributed by atoms with Gasteiger partial charge in [0, 0.05) is 6.42 Å². The summed E-state index contributed by atoms with van der Waals surface area (Å²) in [5.74, 6) is 0. The molecule has 0 fully saturated rings. The van der Waals surface area contributed by atoms with Crippen molar-refractivity contribution in [3.05, 3.63) is 35.0 Å². The Hall–Kier alpha value is -1.36. The van der Waals surface area contributed by atoms with Crippen LogP contribution in [-0.2, 0) is 10.0 Å². The molecule has 0 saturated carbocycles. The van der Waals surface area contributed by atoms with Gasteiger partial charge >= 0.3 is 10.0 Å². The van der Waals surface area contributed by atoms with Crippen molar-refractivity contribution in [1.82, 2.24) is 0 Å². The number of hydrogen-bond donors (Lipinski definition) is 0. The van der Waals surface area contributed by atoms with Gasteiger partial charge in [-0.05, 0) is 18.6 Å². The Morgan fingerprint density at radius 3 is 2.69 bits per heavy atom. The van der Waals surface area contributed by atoms with Crippen molar-refractivity contribution in [2.24, 2.45) is 0 Å². The first-order valence-electron chi connectivity index (χ1n) is 5.26. The first-order valence-corrected chi connectivity index (χ1v) is 6.70. The van der Waals surface area contributed by atoms with Crippen molar-refractivity contribution < 1.29 is 12.6 Å². The largest absolute Gasteiger partial charge is 0.607 e. The molecule has 1 aliphatic heterocycles. The highest BCUT2D eigenvalue weighted by Crippen LogP contribution is 2.27. The van der Waals surface area contributed by atoms with E-state index in [2.05, 4.69) is 0 Å². The molecule has 0 aromatic heterocycles. The molecule has 1 heterocycles. The fourth-order valence-electron chi connectivity index (χ4n) is 1.83. The Kier molecular flexibility index (Phi) is 2.71. The Morgan fingerprint density at radius 1 is 1.31 bits per heavy atom. The van der Waals surface area contributed by atoms with E-state index in [1.165, 1.54) is 6.07 Å². The van der Waals surface area contributed by atoms with Crippen LogP contribution in [-0.4, -0.2) is 18.3 Å². The van der Waals surface area contributed by atoms with Crippen LogP contribution in [0.25, 0.3) is 0 Å². The zero-order valence-electron chi connectivity index (χ0n) is 9.01. The summed E-state index contributed by atoms with van der Waals surface area (Å²) in [5.41, 5.74) is 0.934. The molecule has 0 aliphatic carbocycles. The molecule has 0 saturated heterocycles. The quantitative estimate of drug-likeness (QED) is 0.597. The Morgan fingerprint density at radius 2 is 2.00 bits per heavy atom. The summed E-state index contributed by atoms with van der Waals surface area (Å²) in [6, 6.07) is 6.55. The Labute approximate surface area is 94.9 Å². The van der Waals surface area contributed by atoms with Gasteiger partial charge in [0.1, 0.15) is 4.90 Å². The third kappa shape index (κ3) is 1.51. The van der Waals surface area contributed by atoms with E-state index >= 15 is 0 Å². The van der Waals surface area contributed by atoms with E-state index in [1.807, 2.05) is 6.92 Å². The molecule has 0 spiro atoms. The van der Waals surface area contributed by atoms with Gasteiger partial charge in [0.05, 0.1) is 5.56 Å². The minimum atomic E-state index is -3.82. The van der Waals surface area contributed by atoms with Gasteiger partial charge < -0.3 is 5.21 Å². The number of fused-ring (bicyclic) bond motifs is 1. The van der Waals surface area contributed by atoms with Gasteiger partial charge in [0.25, 0.3) is 0 Å². The van der Waals surface area contributed by atoms with E-state index in [4.69, 9.17) is 0 Å². The van der Waals surface area contributed by atoms with Crippen LogP contribution in [0.3, 0.4) is 0 Å². The van der Waals surface area contributed by atoms with E-state index in [9.17, 15) is 13.6 Å². The van der Waals surface area contributed by atoms with Gasteiger partial charge in [0.2, 0.25) is 5.71 Å². The number of nitrogens with zero attached hydrogens (tertiary/aromatic N) is 1. The van der Waals surface area contributed by atoms with Gasteiger partial charge in [-0.15, -0.1) is 0 Å². The number of unbranched alkanes of at least 4 members (excludes halogenated alkanes) is 1. The summed E-state index contributed by atoms with van der Waals surface area (Å²) in [6.45, 7) is 2.01. The van der Waals surface area contributed by atoms with Crippen LogP contribution in [0.15, 0.2) is 29.2 Å². The molecule has 16 heavy (non-hydrogen) atoms. The Balaban J connectivity index is 2.56. The molecule has 0 atom stereocenters. The maximum atomic E-state index is 11.8. The topological polar surface area (TPSA) is 60.2 Å². The van der Waals surface area contributed by atoms with E-state index in [0.717, 1.165) is 12.8 Å². The molecule has 0 radical (unpaired) electrons. The third-order valence-electron chi connectivity index (χ3n) is 2.68. The lowest BCUT2D eigenvalue weighted by atomic mass is 10.1. The van der Waals surface area contributed by atoms with Gasteiger partial charge in [-0.1, -0.05) is 29.6 Å². The SMILES string of the molecule is CCCCC1=[N+]([O-])S(=O)(=O)c2ccccc21. The minimum Gasteiger partial charge on any atom is -0.607 e. The van der Waals surface area contributed by atoms with Gasteiger partial charge in [-0.2, -0.15) is 8.42 Å². The van der Waals surface area contributed by atoms with Crippen molar-refractivity contribution in [3.63, 3.8) is 0 Å². The molecule has 1 aromatic carbocycles. The molecule has 0 unspecified atom stereocenters. The van der Waals surface area contributed by atoms with Crippen LogP contribution in [0.1, 0.15) is 31.7 Å². The third-order valence-corrected chi connectivity index (χ3v) is 4.25. The lowest BCUT2D eigenvalue weighted by Crippen LogP contribution is -2.14. The summed E-state index contributed by atoms with van der Waals surface area (Å²) >= 11 is 0. The standard InChI is InChI=1S/C11H13NO3S/c1-2-3-7-10-9-6-4-5-8-11(9)16(14,15)12(10)13/h4-6,8H,2-3,7H2,1H3. The first kappa shape index (κ1) is 11.1. The predicted octanol–water partition coefficient (Wildman–Crippen LogP) is 1.88. The molecule has 0 N–H and O–H groups in total. The van der Waals surface area contributed by atoms with Crippen LogP contribution in [0.4, 0.5) is 0 Å². The maximum absolute atomic E-state index is 11.8. The average molecular weight is 239 g/mol. The summed E-state index contributed by atoms with van der Waals surface area (Å²) < 4.78 is 23.7. The lowest BCUT2D eigenvalue weighted by Gasteiger charge is -1.99. The van der Waals surface area contributed by atoms with Crippen molar-refractivity contribution >= 4 is 15.7 Å². The van der Waals surface area contributed by atoms with E-state index in [1.54, 1.807) is 18.2 Å². The zero-order chi connectivity index (χ0) is 11.8. The normalized spacial score (nSPS) is 17.6. The van der Waals surface area contributed by atoms with E-state index in [0.29, 0.717) is 17.7 Å². The molecular weight excluding hydrogens is 226 g/mol. The predicted molar refractivity (Wildman–Crippen MR) is 60.9 cm³/mol. The average Bonchev–Trinajstić information content (AvgIpc) is 2.47. The summed E-state index contributed by atoms with van der Waals surface area (Å²) in [6.07, 6.45) is 2.26. The number of hydrogen-bond acceptors (Lipinski definition) is 3. The highest BCUT2D eigenvalue weighted by atomic mass is 32.2. The summed E-state index contributed by atoms with van der Waals surface area (Å²) in [7, 11) is -3.82. The van der Waals surface area contributed by atoms with Crippen molar-refractivity contribution in [1.29, 1.82) is 0 Å². The van der Waals surface area contributed by atoms with E-state index in [-0.39, 0.29) is 9.04 Å². The minimum absolute atomic E-state index is 0.135. The monoisotopic (exact) mass is 239 g/mol. The second-order valence-corrected chi connectivity index (χ2v) is 5.50. The van der Waals surface area contributed by atoms with Crippen LogP contribution in [0.5, 0.6) is 0 Å². The van der Waals surface area contributed by atoms with Crippen molar-refractivity contribution in [2.45, 2.75) is 31.1 Å². The van der Waals surface area contributed by atoms with Crippen molar-refractivity contribution in [3.8, 4) is 0 Å². The first-order chi connectivity index (χ1) is 7.59. The fraction of sp³-hybridized carbons (Fsp3) is 0.364. The molecule has 5 heteroatoms. The molecule has 0 bridgehead atoms. The number of sulfonamides is 1. The van der Waals surface area contributed by atoms with Crippen LogP contribution in [0, 0.1) is 5.21 Å². The van der Waals surface area contributed by atoms with Gasteiger partial charge in [-0.3, -0.25) is 0 Å². The van der Waals surface area contributed by atoms with Gasteiger partial charge in [-0.25, -0.2) is 0 Å². The maximum Gasteiger partial charge on any atom is 0.406 e. The molecule has 4 nitrogen and oxygen atoms in total. The summed E-state index contributed by atoms with van der Waals surface area (Å²) in [5, 5.41) is 11.7. The number of benzene rings is 1. The second-order valence-electron chi connectivity index (χ2n) is 3.78. The zero-order valence-corrected chi connectivity index (χ0v) is 9.83. The van der Waals surface area contributed by atoms with E-state index < -0.39 is 10.0 Å². The highest BCUT2D eigenvalue weighted by molar-refractivity contribution is 7.86. The molecule has 0 amide bonds. The van der Waals surface area contributed by atoms with Crippen LogP contribution >= 0.6 is 0 Å². The van der Waals surface area contributed by atoms with Crippen molar-refractivity contribution in [2.75, 3.05) is 0 Å². The Bertz CT molecular complexity index is 546. The van der Waals surface area contributed by atoms with Gasteiger partial charge in [0.15, 0.2) is 0 Å². The molecule has 1 aromatic rings.